The molecule has 0 aromatic heterocycles. The van der Waals surface area contributed by atoms with Gasteiger partial charge in [-0.3, -0.25) is 5.32 Å². The number of rotatable bonds is 16. The van der Waals surface area contributed by atoms with Crippen LogP contribution in [0, 0.1) is 11.8 Å². The maximum absolute atomic E-state index is 10.6. The molecule has 1 aromatic carbocycles. The van der Waals surface area contributed by atoms with E-state index in [0.29, 0.717) is 31.5 Å². The first kappa shape index (κ1) is 34.4. The van der Waals surface area contributed by atoms with Gasteiger partial charge in [0.15, 0.2) is 11.5 Å². The molecule has 0 radical (unpaired) electrons. The highest BCUT2D eigenvalue weighted by atomic mass is 35.5. The van der Waals surface area contributed by atoms with Gasteiger partial charge in [-0.05, 0) is 69.1 Å². The minimum atomic E-state index is -0.567. The lowest BCUT2D eigenvalue weighted by Gasteiger charge is -2.32. The maximum Gasteiger partial charge on any atom is 0.161 e. The molecule has 0 aliphatic rings. The maximum atomic E-state index is 10.6. The molecule has 6 nitrogen and oxygen atoms in total. The number of ether oxygens (including phenoxy) is 3. The zero-order valence-electron chi connectivity index (χ0n) is 21.6. The minimum Gasteiger partial charge on any atom is -0.493 e. The van der Waals surface area contributed by atoms with E-state index in [9.17, 15) is 5.11 Å². The molecule has 0 saturated carbocycles. The molecular formula is C25H48Cl2N2O4. The van der Waals surface area contributed by atoms with Gasteiger partial charge in [0, 0.05) is 25.7 Å². The fourth-order valence-corrected chi connectivity index (χ4v) is 3.53. The first-order valence-corrected chi connectivity index (χ1v) is 11.6. The number of halogens is 2. The third-order valence-electron chi connectivity index (χ3n) is 6.11. The van der Waals surface area contributed by atoms with E-state index in [1.165, 1.54) is 5.56 Å². The highest BCUT2D eigenvalue weighted by Crippen LogP contribution is 2.31. The van der Waals surface area contributed by atoms with E-state index in [1.807, 2.05) is 6.07 Å². The summed E-state index contributed by atoms with van der Waals surface area (Å²) in [5.74, 6) is 2.45. The lowest BCUT2D eigenvalue weighted by molar-refractivity contribution is 0.0938. The largest absolute Gasteiger partial charge is 0.493 e. The summed E-state index contributed by atoms with van der Waals surface area (Å²) >= 11 is 0. The number of methoxy groups -OCH3 is 2. The highest BCUT2D eigenvalue weighted by molar-refractivity contribution is 5.85. The van der Waals surface area contributed by atoms with Crippen LogP contribution in [0.3, 0.4) is 0 Å². The summed E-state index contributed by atoms with van der Waals surface area (Å²) in [7, 11) is 3.35. The molecule has 0 amide bonds. The predicted octanol–water partition coefficient (Wildman–Crippen LogP) is 4.97. The minimum absolute atomic E-state index is 0. The van der Waals surface area contributed by atoms with Gasteiger partial charge < -0.3 is 25.1 Å². The van der Waals surface area contributed by atoms with E-state index in [2.05, 4.69) is 52.1 Å². The fourth-order valence-electron chi connectivity index (χ4n) is 3.53. The van der Waals surface area contributed by atoms with E-state index < -0.39 is 12.3 Å². The van der Waals surface area contributed by atoms with Crippen LogP contribution in [-0.2, 0) is 11.2 Å². The Balaban J connectivity index is 0. The van der Waals surface area contributed by atoms with Gasteiger partial charge in [0.25, 0.3) is 0 Å². The summed E-state index contributed by atoms with van der Waals surface area (Å²) in [6.45, 7) is 12.1. The van der Waals surface area contributed by atoms with Gasteiger partial charge in [-0.2, -0.15) is 0 Å². The van der Waals surface area contributed by atoms with Crippen LogP contribution in [0.5, 0.6) is 11.5 Å². The van der Waals surface area contributed by atoms with Crippen molar-refractivity contribution in [2.45, 2.75) is 84.5 Å². The van der Waals surface area contributed by atoms with Crippen LogP contribution in [-0.4, -0.2) is 50.3 Å². The quantitative estimate of drug-likeness (QED) is 0.215. The molecule has 3 atom stereocenters. The molecule has 0 unspecified atom stereocenters. The van der Waals surface area contributed by atoms with Crippen LogP contribution in [0.15, 0.2) is 18.2 Å². The number of hydrogen-bond acceptors (Lipinski definition) is 6. The average Bonchev–Trinajstić information content (AvgIpc) is 2.73. The predicted molar refractivity (Wildman–Crippen MR) is 142 cm³/mol. The second kappa shape index (κ2) is 17.6. The number of aliphatic hydroxyl groups is 1. The van der Waals surface area contributed by atoms with Crippen molar-refractivity contribution in [2.75, 3.05) is 27.4 Å². The molecule has 33 heavy (non-hydrogen) atoms. The summed E-state index contributed by atoms with van der Waals surface area (Å²) in [5.41, 5.74) is 7.34. The van der Waals surface area contributed by atoms with Crippen molar-refractivity contribution >= 4 is 24.8 Å². The van der Waals surface area contributed by atoms with Gasteiger partial charge in [-0.15, -0.1) is 24.8 Å². The van der Waals surface area contributed by atoms with Gasteiger partial charge in [0.1, 0.15) is 0 Å². The third kappa shape index (κ3) is 13.1. The Bertz CT molecular complexity index is 632. The molecule has 1 aromatic rings. The second-order valence-corrected chi connectivity index (χ2v) is 9.44. The summed E-state index contributed by atoms with van der Waals surface area (Å²) < 4.78 is 16.5. The van der Waals surface area contributed by atoms with Crippen LogP contribution in [0.1, 0.15) is 65.9 Å². The number of nitrogens with one attached hydrogen (secondary N) is 1. The van der Waals surface area contributed by atoms with Crippen molar-refractivity contribution in [1.29, 1.82) is 0 Å². The van der Waals surface area contributed by atoms with E-state index in [-0.39, 0.29) is 30.4 Å². The summed E-state index contributed by atoms with van der Waals surface area (Å²) in [6.07, 6.45) is 3.31. The van der Waals surface area contributed by atoms with Gasteiger partial charge in [-0.25, -0.2) is 0 Å². The topological polar surface area (TPSA) is 86.0 Å². The monoisotopic (exact) mass is 510 g/mol. The number of aliphatic hydroxyl groups excluding tert-OH is 1. The molecule has 0 fully saturated rings. The standard InChI is InChI=1S/C25H46N2O4.2ClH/c1-8-25(4,5)27-24(26)21(28)12-11-20(18(2)3)16-19-10-13-22(30-7)23(17-19)31-15-9-14-29-6;;/h10,13,17-18,20-21,24,27-28H,8-9,11-12,14-16,26H2,1-7H3;2*1H/t20-,21-,24-;;/m0../s1. The molecule has 196 valence electrons. The smallest absolute Gasteiger partial charge is 0.161 e. The highest BCUT2D eigenvalue weighted by Gasteiger charge is 2.24. The first-order valence-electron chi connectivity index (χ1n) is 11.6. The Morgan fingerprint density at radius 1 is 1.06 bits per heavy atom. The number of hydrogen-bond donors (Lipinski definition) is 3. The summed E-state index contributed by atoms with van der Waals surface area (Å²) in [5, 5.41) is 13.9. The fraction of sp³-hybridized carbons (Fsp3) is 0.760. The Morgan fingerprint density at radius 3 is 2.27 bits per heavy atom. The lowest BCUT2D eigenvalue weighted by Crippen LogP contribution is -2.55. The SMILES string of the molecule is CCC(C)(C)N[C@H](N)[C@@H](O)CC[C@@H](Cc1ccc(OC)c(OCCCOC)c1)C(C)C.Cl.Cl. The van der Waals surface area contributed by atoms with Crippen LogP contribution in [0.25, 0.3) is 0 Å². The number of benzene rings is 1. The van der Waals surface area contributed by atoms with Gasteiger partial charge in [-0.1, -0.05) is 26.8 Å². The van der Waals surface area contributed by atoms with E-state index in [1.54, 1.807) is 14.2 Å². The van der Waals surface area contributed by atoms with Crippen LogP contribution < -0.4 is 20.5 Å². The lowest BCUT2D eigenvalue weighted by atomic mass is 9.84. The summed E-state index contributed by atoms with van der Waals surface area (Å²) in [4.78, 5) is 0. The molecule has 8 heteroatoms. The van der Waals surface area contributed by atoms with E-state index >= 15 is 0 Å². The molecule has 0 heterocycles. The van der Waals surface area contributed by atoms with Crippen molar-refractivity contribution in [1.82, 2.24) is 5.32 Å². The molecule has 0 bridgehead atoms. The molecule has 0 aliphatic heterocycles. The van der Waals surface area contributed by atoms with Crippen molar-refractivity contribution < 1.29 is 19.3 Å². The van der Waals surface area contributed by atoms with Gasteiger partial charge in [0.05, 0.1) is 26.0 Å². The zero-order valence-corrected chi connectivity index (χ0v) is 23.2. The van der Waals surface area contributed by atoms with Crippen molar-refractivity contribution in [3.63, 3.8) is 0 Å². The summed E-state index contributed by atoms with van der Waals surface area (Å²) in [6, 6.07) is 6.15. The molecule has 0 saturated heterocycles. The second-order valence-electron chi connectivity index (χ2n) is 9.44. The normalized spacial score (nSPS) is 14.1. The van der Waals surface area contributed by atoms with Crippen molar-refractivity contribution in [3.05, 3.63) is 23.8 Å². The van der Waals surface area contributed by atoms with Crippen LogP contribution >= 0.6 is 24.8 Å². The van der Waals surface area contributed by atoms with E-state index in [0.717, 1.165) is 37.2 Å². The van der Waals surface area contributed by atoms with Crippen molar-refractivity contribution in [3.8, 4) is 11.5 Å². The average molecular weight is 512 g/mol. The van der Waals surface area contributed by atoms with Crippen molar-refractivity contribution in [2.24, 2.45) is 17.6 Å². The first-order chi connectivity index (χ1) is 14.6. The Hall–Kier alpha value is -0.760. The molecule has 1 rings (SSSR count). The molecule has 4 N–H and O–H groups in total. The van der Waals surface area contributed by atoms with E-state index in [4.69, 9.17) is 19.9 Å². The molecule has 0 aliphatic carbocycles. The van der Waals surface area contributed by atoms with Crippen LogP contribution in [0.2, 0.25) is 0 Å². The number of nitrogens with two attached hydrogens (primary N) is 1. The van der Waals surface area contributed by atoms with Gasteiger partial charge in [0.2, 0.25) is 0 Å². The molecule has 0 spiro atoms. The Kier molecular flexibility index (Phi) is 18.4. The van der Waals surface area contributed by atoms with Gasteiger partial charge >= 0.3 is 0 Å². The Morgan fingerprint density at radius 2 is 1.73 bits per heavy atom. The third-order valence-corrected chi connectivity index (χ3v) is 6.11. The molecular weight excluding hydrogens is 463 g/mol. The van der Waals surface area contributed by atoms with Crippen LogP contribution in [0.4, 0.5) is 0 Å². The Labute approximate surface area is 214 Å². The zero-order chi connectivity index (χ0) is 23.4.